The highest BCUT2D eigenvalue weighted by Crippen LogP contribution is 2.25. The number of hydrogen-bond donors (Lipinski definition) is 0. The Morgan fingerprint density at radius 2 is 2.07 bits per heavy atom. The molecule has 0 saturated heterocycles. The third kappa shape index (κ3) is 3.54. The lowest BCUT2D eigenvalue weighted by Gasteiger charge is -2.09. The molecule has 136 valence electrons. The number of ketones is 1. The van der Waals surface area contributed by atoms with Crippen LogP contribution in [0.25, 0.3) is 5.65 Å². The number of rotatable bonds is 5. The van der Waals surface area contributed by atoms with Crippen LogP contribution >= 0.6 is 0 Å². The number of nitriles is 1. The predicted octanol–water partition coefficient (Wildman–Crippen LogP) is 3.35. The molecule has 0 spiro atoms. The van der Waals surface area contributed by atoms with E-state index in [1.54, 1.807) is 35.1 Å². The summed E-state index contributed by atoms with van der Waals surface area (Å²) in [5.74, 6) is 0.0648. The normalized spacial score (nSPS) is 10.6. The van der Waals surface area contributed by atoms with Crippen molar-refractivity contribution < 1.29 is 13.9 Å². The molecule has 8 heteroatoms. The van der Waals surface area contributed by atoms with Gasteiger partial charge in [-0.05, 0) is 18.2 Å². The van der Waals surface area contributed by atoms with E-state index >= 15 is 0 Å². The van der Waals surface area contributed by atoms with Gasteiger partial charge in [0, 0.05) is 30.4 Å². The van der Waals surface area contributed by atoms with E-state index in [-0.39, 0.29) is 12.2 Å². The SMILES string of the molecule is N#Cc1cncc(Oc2cc(C(=O)Cc3ccc(F)cn3)c3nccn3c2)c1. The van der Waals surface area contributed by atoms with E-state index < -0.39 is 5.82 Å². The van der Waals surface area contributed by atoms with Gasteiger partial charge < -0.3 is 9.14 Å². The van der Waals surface area contributed by atoms with E-state index in [1.165, 1.54) is 24.5 Å². The van der Waals surface area contributed by atoms with Gasteiger partial charge in [0.15, 0.2) is 5.78 Å². The first-order valence-electron chi connectivity index (χ1n) is 8.26. The Morgan fingerprint density at radius 1 is 1.18 bits per heavy atom. The van der Waals surface area contributed by atoms with Crippen LogP contribution < -0.4 is 4.74 Å². The number of nitrogens with zero attached hydrogens (tertiary/aromatic N) is 5. The summed E-state index contributed by atoms with van der Waals surface area (Å²) < 4.78 is 20.5. The summed E-state index contributed by atoms with van der Waals surface area (Å²) in [5, 5.41) is 8.98. The van der Waals surface area contributed by atoms with Crippen LogP contribution in [0.15, 0.2) is 61.4 Å². The Bertz CT molecular complexity index is 1210. The number of carbonyl (C=O) groups excluding carboxylic acids is 1. The summed E-state index contributed by atoms with van der Waals surface area (Å²) in [5.41, 5.74) is 1.63. The maximum Gasteiger partial charge on any atom is 0.172 e. The van der Waals surface area contributed by atoms with Crippen LogP contribution in [0.2, 0.25) is 0 Å². The first kappa shape index (κ1) is 17.3. The van der Waals surface area contributed by atoms with Gasteiger partial charge in [0.2, 0.25) is 0 Å². The van der Waals surface area contributed by atoms with E-state index in [4.69, 9.17) is 10.00 Å². The van der Waals surface area contributed by atoms with Gasteiger partial charge in [0.1, 0.15) is 29.0 Å². The van der Waals surface area contributed by atoms with E-state index in [2.05, 4.69) is 15.0 Å². The number of aromatic nitrogens is 4. The van der Waals surface area contributed by atoms with Crippen LogP contribution in [-0.2, 0) is 6.42 Å². The van der Waals surface area contributed by atoms with Gasteiger partial charge in [-0.3, -0.25) is 14.8 Å². The van der Waals surface area contributed by atoms with E-state index in [0.29, 0.717) is 34.0 Å². The predicted molar refractivity (Wildman–Crippen MR) is 96.4 cm³/mol. The Labute approximate surface area is 158 Å². The lowest BCUT2D eigenvalue weighted by molar-refractivity contribution is 0.0992. The average Bonchev–Trinajstić information content (AvgIpc) is 3.18. The zero-order chi connectivity index (χ0) is 19.5. The summed E-state index contributed by atoms with van der Waals surface area (Å²) >= 11 is 0. The Kier molecular flexibility index (Phi) is 4.48. The highest BCUT2D eigenvalue weighted by molar-refractivity contribution is 6.02. The van der Waals surface area contributed by atoms with Gasteiger partial charge in [0.25, 0.3) is 0 Å². The summed E-state index contributed by atoms with van der Waals surface area (Å²) in [6.07, 6.45) is 8.91. The molecule has 0 unspecified atom stereocenters. The van der Waals surface area contributed by atoms with Gasteiger partial charge in [-0.2, -0.15) is 5.26 Å². The van der Waals surface area contributed by atoms with Crippen molar-refractivity contribution in [1.82, 2.24) is 19.4 Å². The zero-order valence-corrected chi connectivity index (χ0v) is 14.4. The molecule has 0 amide bonds. The molecule has 4 aromatic heterocycles. The van der Waals surface area contributed by atoms with Crippen LogP contribution in [0.1, 0.15) is 21.6 Å². The molecule has 0 aromatic carbocycles. The van der Waals surface area contributed by atoms with Crippen molar-refractivity contribution in [2.45, 2.75) is 6.42 Å². The highest BCUT2D eigenvalue weighted by Gasteiger charge is 2.16. The molecular formula is C20H12FN5O2. The molecule has 7 nitrogen and oxygen atoms in total. The third-order valence-corrected chi connectivity index (χ3v) is 3.97. The number of fused-ring (bicyclic) bond motifs is 1. The first-order chi connectivity index (χ1) is 13.6. The van der Waals surface area contributed by atoms with Gasteiger partial charge in [-0.15, -0.1) is 0 Å². The quantitative estimate of drug-likeness (QED) is 0.498. The maximum atomic E-state index is 13.0. The molecule has 28 heavy (non-hydrogen) atoms. The molecule has 4 heterocycles. The minimum Gasteiger partial charge on any atom is -0.454 e. The Hall–Kier alpha value is -4.12. The molecule has 0 aliphatic heterocycles. The molecule has 0 saturated carbocycles. The van der Waals surface area contributed by atoms with Crippen LogP contribution in [0.3, 0.4) is 0 Å². The van der Waals surface area contributed by atoms with Crippen molar-refractivity contribution >= 4 is 11.4 Å². The van der Waals surface area contributed by atoms with Crippen LogP contribution in [0, 0.1) is 17.1 Å². The largest absolute Gasteiger partial charge is 0.454 e. The minimum atomic E-state index is -0.463. The van der Waals surface area contributed by atoms with E-state index in [9.17, 15) is 9.18 Å². The fourth-order valence-electron chi connectivity index (χ4n) is 2.71. The van der Waals surface area contributed by atoms with Crippen LogP contribution in [0.4, 0.5) is 4.39 Å². The molecule has 0 aliphatic rings. The minimum absolute atomic E-state index is 0.00226. The summed E-state index contributed by atoms with van der Waals surface area (Å²) in [6, 6.07) is 7.85. The van der Waals surface area contributed by atoms with Crippen LogP contribution in [0.5, 0.6) is 11.5 Å². The van der Waals surface area contributed by atoms with Crippen molar-refractivity contribution in [1.29, 1.82) is 5.26 Å². The summed E-state index contributed by atoms with van der Waals surface area (Å²) in [7, 11) is 0. The topological polar surface area (TPSA) is 93.2 Å². The number of imidazole rings is 1. The fourth-order valence-corrected chi connectivity index (χ4v) is 2.71. The van der Waals surface area contributed by atoms with Gasteiger partial charge in [-0.1, -0.05) is 0 Å². The van der Waals surface area contributed by atoms with Crippen molar-refractivity contribution in [3.63, 3.8) is 0 Å². The fraction of sp³-hybridized carbons (Fsp3) is 0.0500. The lowest BCUT2D eigenvalue weighted by Crippen LogP contribution is -2.08. The molecule has 4 aromatic rings. The molecule has 0 fully saturated rings. The van der Waals surface area contributed by atoms with Gasteiger partial charge >= 0.3 is 0 Å². The Balaban J connectivity index is 1.67. The number of ether oxygens (including phenoxy) is 1. The molecule has 0 N–H and O–H groups in total. The second-order valence-corrected chi connectivity index (χ2v) is 5.94. The number of hydrogen-bond acceptors (Lipinski definition) is 6. The van der Waals surface area contributed by atoms with Crippen molar-refractivity contribution in [3.05, 3.63) is 84.1 Å². The standard InChI is InChI=1S/C20H12FN5O2/c21-14-1-2-15(25-10-14)6-19(27)18-7-17(12-26-4-3-24-20(18)26)28-16-5-13(8-22)9-23-11-16/h1-5,7,9-12H,6H2. The molecular weight excluding hydrogens is 361 g/mol. The number of halogens is 1. The second-order valence-electron chi connectivity index (χ2n) is 5.94. The highest BCUT2D eigenvalue weighted by atomic mass is 19.1. The molecule has 0 aliphatic carbocycles. The van der Waals surface area contributed by atoms with Crippen LogP contribution in [-0.4, -0.2) is 25.1 Å². The Morgan fingerprint density at radius 3 is 2.86 bits per heavy atom. The number of carbonyl (C=O) groups is 1. The average molecular weight is 373 g/mol. The summed E-state index contributed by atoms with van der Waals surface area (Å²) in [4.78, 5) is 24.9. The third-order valence-electron chi connectivity index (χ3n) is 3.97. The molecule has 0 bridgehead atoms. The zero-order valence-electron chi connectivity index (χ0n) is 14.4. The molecule has 0 radical (unpaired) electrons. The van der Waals surface area contributed by atoms with Gasteiger partial charge in [-0.25, -0.2) is 9.37 Å². The smallest absolute Gasteiger partial charge is 0.172 e. The van der Waals surface area contributed by atoms with Crippen molar-refractivity contribution in [2.24, 2.45) is 0 Å². The maximum absolute atomic E-state index is 13.0. The number of Topliss-reactive ketones (excluding diaryl/α,β-unsaturated/α-hetero) is 1. The van der Waals surface area contributed by atoms with Crippen molar-refractivity contribution in [2.75, 3.05) is 0 Å². The lowest BCUT2D eigenvalue weighted by atomic mass is 10.1. The van der Waals surface area contributed by atoms with Gasteiger partial charge in [0.05, 0.1) is 36.1 Å². The molecule has 4 rings (SSSR count). The van der Waals surface area contributed by atoms with E-state index in [0.717, 1.165) is 6.20 Å². The molecule has 0 atom stereocenters. The van der Waals surface area contributed by atoms with Crippen molar-refractivity contribution in [3.8, 4) is 17.6 Å². The number of pyridine rings is 3. The monoisotopic (exact) mass is 373 g/mol. The summed E-state index contributed by atoms with van der Waals surface area (Å²) in [6.45, 7) is 0. The first-order valence-corrected chi connectivity index (χ1v) is 8.26. The van der Waals surface area contributed by atoms with E-state index in [1.807, 2.05) is 6.07 Å². The second kappa shape index (κ2) is 7.25.